The van der Waals surface area contributed by atoms with E-state index in [9.17, 15) is 23.3 Å². The highest BCUT2D eigenvalue weighted by Crippen LogP contribution is 2.28. The van der Waals surface area contributed by atoms with Gasteiger partial charge in [-0.3, -0.25) is 14.5 Å². The number of fused-ring (bicyclic) bond motifs is 1. The number of rotatable bonds is 5. The Morgan fingerprint density at radius 1 is 1.00 bits per heavy atom. The molecule has 0 saturated carbocycles. The summed E-state index contributed by atoms with van der Waals surface area (Å²) in [6, 6.07) is 14.3. The monoisotopic (exact) mass is 435 g/mol. The van der Waals surface area contributed by atoms with Gasteiger partial charge in [-0.05, 0) is 43.7 Å². The van der Waals surface area contributed by atoms with Gasteiger partial charge in [0.1, 0.15) is 17.4 Å². The third kappa shape index (κ3) is 3.47. The average molecular weight is 435 g/mol. The Morgan fingerprint density at radius 3 is 2.13 bits per heavy atom. The van der Waals surface area contributed by atoms with Crippen LogP contribution in [-0.4, -0.2) is 25.1 Å². The van der Waals surface area contributed by atoms with Crippen LogP contribution in [0.3, 0.4) is 0 Å². The molecule has 9 heteroatoms. The fraction of sp³-hybridized carbons (Fsp3) is 0.136. The van der Waals surface area contributed by atoms with E-state index < -0.39 is 10.0 Å². The molecule has 0 radical (unpaired) electrons. The zero-order valence-corrected chi connectivity index (χ0v) is 17.5. The number of hydrogen-bond donors (Lipinski definition) is 1. The number of furan rings is 1. The number of amides is 2. The predicted octanol–water partition coefficient (Wildman–Crippen LogP) is 3.37. The minimum absolute atomic E-state index is 0.0231. The van der Waals surface area contributed by atoms with E-state index in [1.54, 1.807) is 38.1 Å². The number of carbonyl (C=O) groups excluding carboxylic acids is 2. The number of hydrogen-bond acceptors (Lipinski definition) is 6. The molecule has 0 unspecified atom stereocenters. The summed E-state index contributed by atoms with van der Waals surface area (Å²) in [5, 5.41) is 9.26. The molecule has 0 saturated heterocycles. The molecule has 0 fully saturated rings. The second-order valence-corrected chi connectivity index (χ2v) is 8.77. The van der Waals surface area contributed by atoms with E-state index in [-0.39, 0.29) is 34.7 Å². The van der Waals surface area contributed by atoms with Crippen molar-refractivity contribution in [1.29, 1.82) is 5.26 Å². The summed E-state index contributed by atoms with van der Waals surface area (Å²) in [6.45, 7) is 3.33. The maximum absolute atomic E-state index is 12.7. The number of benzene rings is 2. The molecule has 1 aliphatic heterocycles. The zero-order valence-electron chi connectivity index (χ0n) is 16.7. The lowest BCUT2D eigenvalue weighted by Crippen LogP contribution is -2.29. The normalized spacial score (nSPS) is 13.3. The SMILES string of the molecule is Cc1oc(NS(=O)(=O)c2ccc(CN3C(=O)c4ccccc4C3=O)cc2)c(C#N)c1C. The van der Waals surface area contributed by atoms with Gasteiger partial charge >= 0.3 is 0 Å². The molecule has 0 atom stereocenters. The minimum Gasteiger partial charge on any atom is -0.443 e. The number of nitriles is 1. The van der Waals surface area contributed by atoms with Gasteiger partial charge in [0.05, 0.1) is 22.6 Å². The molecule has 8 nitrogen and oxygen atoms in total. The summed E-state index contributed by atoms with van der Waals surface area (Å²) < 4.78 is 33.1. The van der Waals surface area contributed by atoms with Crippen LogP contribution in [0.15, 0.2) is 57.8 Å². The molecular weight excluding hydrogens is 418 g/mol. The van der Waals surface area contributed by atoms with E-state index in [0.717, 1.165) is 4.90 Å². The summed E-state index contributed by atoms with van der Waals surface area (Å²) in [5.41, 5.74) is 2.00. The second kappa shape index (κ2) is 7.41. The Morgan fingerprint density at radius 2 is 1.58 bits per heavy atom. The van der Waals surface area contributed by atoms with Gasteiger partial charge in [-0.1, -0.05) is 24.3 Å². The number of imide groups is 1. The lowest BCUT2D eigenvalue weighted by atomic mass is 10.1. The fourth-order valence-electron chi connectivity index (χ4n) is 3.35. The van der Waals surface area contributed by atoms with Crippen molar-refractivity contribution in [2.24, 2.45) is 0 Å². The van der Waals surface area contributed by atoms with Crippen LogP contribution in [0.5, 0.6) is 0 Å². The van der Waals surface area contributed by atoms with Crippen molar-refractivity contribution in [2.45, 2.75) is 25.3 Å². The van der Waals surface area contributed by atoms with Gasteiger partial charge in [0.15, 0.2) is 0 Å². The van der Waals surface area contributed by atoms with Crippen LogP contribution in [0.25, 0.3) is 0 Å². The number of nitrogens with one attached hydrogen (secondary N) is 1. The summed E-state index contributed by atoms with van der Waals surface area (Å²) in [5.74, 6) is -0.448. The Kier molecular flexibility index (Phi) is 4.87. The van der Waals surface area contributed by atoms with Crippen molar-refractivity contribution in [3.63, 3.8) is 0 Å². The summed E-state index contributed by atoms with van der Waals surface area (Å²) in [4.78, 5) is 26.1. The molecule has 0 spiro atoms. The molecule has 4 rings (SSSR count). The van der Waals surface area contributed by atoms with E-state index >= 15 is 0 Å². The maximum Gasteiger partial charge on any atom is 0.264 e. The van der Waals surface area contributed by atoms with E-state index in [4.69, 9.17) is 4.42 Å². The van der Waals surface area contributed by atoms with Crippen LogP contribution in [0, 0.1) is 25.2 Å². The van der Waals surface area contributed by atoms with Crippen LogP contribution in [0.2, 0.25) is 0 Å². The van der Waals surface area contributed by atoms with Crippen molar-refractivity contribution in [1.82, 2.24) is 4.90 Å². The Balaban J connectivity index is 1.54. The van der Waals surface area contributed by atoms with E-state index in [2.05, 4.69) is 4.72 Å². The second-order valence-electron chi connectivity index (χ2n) is 7.09. The largest absolute Gasteiger partial charge is 0.443 e. The van der Waals surface area contributed by atoms with Crippen molar-refractivity contribution < 1.29 is 22.4 Å². The molecule has 2 heterocycles. The Hall–Kier alpha value is -3.90. The molecule has 1 N–H and O–H groups in total. The number of carbonyl (C=O) groups is 2. The van der Waals surface area contributed by atoms with Crippen molar-refractivity contribution in [3.05, 3.63) is 82.1 Å². The molecule has 156 valence electrons. The number of anilines is 1. The van der Waals surface area contributed by atoms with Gasteiger partial charge in [-0.15, -0.1) is 0 Å². The Labute approximate surface area is 178 Å². The highest BCUT2D eigenvalue weighted by molar-refractivity contribution is 7.92. The van der Waals surface area contributed by atoms with Gasteiger partial charge in [0, 0.05) is 5.56 Å². The van der Waals surface area contributed by atoms with Crippen LogP contribution < -0.4 is 4.72 Å². The quantitative estimate of drug-likeness (QED) is 0.614. The summed E-state index contributed by atoms with van der Waals surface area (Å²) in [7, 11) is -4.00. The molecule has 31 heavy (non-hydrogen) atoms. The first-order valence-corrected chi connectivity index (χ1v) is 10.8. The topological polar surface area (TPSA) is 120 Å². The van der Waals surface area contributed by atoms with E-state index in [1.165, 1.54) is 24.3 Å². The third-order valence-corrected chi connectivity index (χ3v) is 6.52. The van der Waals surface area contributed by atoms with Crippen LogP contribution in [-0.2, 0) is 16.6 Å². The van der Waals surface area contributed by atoms with Crippen LogP contribution in [0.1, 0.15) is 43.2 Å². The third-order valence-electron chi connectivity index (χ3n) is 5.18. The van der Waals surface area contributed by atoms with Gasteiger partial charge in [0.25, 0.3) is 21.8 Å². The first kappa shape index (κ1) is 20.4. The lowest BCUT2D eigenvalue weighted by molar-refractivity contribution is 0.0642. The maximum atomic E-state index is 12.7. The smallest absolute Gasteiger partial charge is 0.264 e. The van der Waals surface area contributed by atoms with Crippen molar-refractivity contribution in [2.75, 3.05) is 4.72 Å². The van der Waals surface area contributed by atoms with Gasteiger partial charge in [0.2, 0.25) is 5.88 Å². The molecule has 1 aromatic heterocycles. The molecule has 2 aromatic carbocycles. The highest BCUT2D eigenvalue weighted by atomic mass is 32.2. The lowest BCUT2D eigenvalue weighted by Gasteiger charge is -2.14. The van der Waals surface area contributed by atoms with Crippen LogP contribution in [0.4, 0.5) is 5.88 Å². The molecule has 3 aromatic rings. The number of sulfonamides is 1. The Bertz CT molecular complexity index is 1330. The summed E-state index contributed by atoms with van der Waals surface area (Å²) in [6.07, 6.45) is 0. The van der Waals surface area contributed by atoms with E-state index in [0.29, 0.717) is 28.0 Å². The van der Waals surface area contributed by atoms with Crippen molar-refractivity contribution in [3.8, 4) is 6.07 Å². The molecule has 0 aliphatic carbocycles. The minimum atomic E-state index is -4.00. The molecular formula is C22H17N3O5S. The highest BCUT2D eigenvalue weighted by Gasteiger charge is 2.35. The first-order chi connectivity index (χ1) is 14.7. The number of aryl methyl sites for hydroxylation is 1. The standard InChI is InChI=1S/C22H17N3O5S/c1-13-14(2)30-20(19(13)11-23)24-31(28,29)16-9-7-15(8-10-16)12-25-21(26)17-5-3-4-6-18(17)22(25)27/h3-10,24H,12H2,1-2H3. The average Bonchev–Trinajstić information content (AvgIpc) is 3.15. The molecule has 2 amide bonds. The summed E-state index contributed by atoms with van der Waals surface area (Å²) >= 11 is 0. The molecule has 0 bridgehead atoms. The van der Waals surface area contributed by atoms with Gasteiger partial charge < -0.3 is 4.42 Å². The van der Waals surface area contributed by atoms with Crippen LogP contribution >= 0.6 is 0 Å². The molecule has 1 aliphatic rings. The van der Waals surface area contributed by atoms with Gasteiger partial charge in [-0.25, -0.2) is 13.1 Å². The predicted molar refractivity (Wildman–Crippen MR) is 111 cm³/mol. The van der Waals surface area contributed by atoms with Crippen molar-refractivity contribution >= 4 is 27.7 Å². The van der Waals surface area contributed by atoms with E-state index in [1.807, 2.05) is 6.07 Å². The first-order valence-electron chi connectivity index (χ1n) is 9.30. The van der Waals surface area contributed by atoms with Gasteiger partial charge in [-0.2, -0.15) is 5.26 Å². The fourth-order valence-corrected chi connectivity index (χ4v) is 4.35. The number of nitrogens with zero attached hydrogens (tertiary/aromatic N) is 2. The zero-order chi connectivity index (χ0) is 22.3.